The van der Waals surface area contributed by atoms with Crippen molar-refractivity contribution in [2.24, 2.45) is 5.92 Å². The lowest BCUT2D eigenvalue weighted by Gasteiger charge is -2.17. The highest BCUT2D eigenvalue weighted by atomic mass is 79.9. The maximum absolute atomic E-state index is 11.8. The first kappa shape index (κ1) is 11.8. The van der Waals surface area contributed by atoms with E-state index in [2.05, 4.69) is 43.4 Å². The Morgan fingerprint density at radius 3 is 2.94 bits per heavy atom. The van der Waals surface area contributed by atoms with Crippen molar-refractivity contribution >= 4 is 43.5 Å². The maximum atomic E-state index is 11.8. The Balaban J connectivity index is 2.34. The van der Waals surface area contributed by atoms with Crippen LogP contribution in [-0.4, -0.2) is 17.4 Å². The molecule has 0 N–H and O–H groups in total. The average molecular weight is 346 g/mol. The first-order valence-corrected chi connectivity index (χ1v) is 6.44. The van der Waals surface area contributed by atoms with E-state index in [0.29, 0.717) is 17.6 Å². The second kappa shape index (κ2) is 4.67. The summed E-state index contributed by atoms with van der Waals surface area (Å²) in [5.41, 5.74) is 0.809. The lowest BCUT2D eigenvalue weighted by atomic mass is 10.1. The topological polar surface area (TPSA) is 33.2 Å². The normalized spacial score (nSPS) is 20.2. The molecule has 1 fully saturated rings. The van der Waals surface area contributed by atoms with Gasteiger partial charge >= 0.3 is 0 Å². The predicted octanol–water partition coefficient (Wildman–Crippen LogP) is 3.15. The second-order valence-electron chi connectivity index (χ2n) is 3.67. The first-order chi connectivity index (χ1) is 7.61. The Morgan fingerprint density at radius 2 is 2.31 bits per heavy atom. The number of amides is 1. The van der Waals surface area contributed by atoms with Crippen LogP contribution >= 0.6 is 31.9 Å². The van der Waals surface area contributed by atoms with Crippen LogP contribution in [0.4, 0.5) is 5.69 Å². The molecule has 0 bridgehead atoms. The van der Waals surface area contributed by atoms with E-state index in [-0.39, 0.29) is 11.8 Å². The van der Waals surface area contributed by atoms with E-state index in [9.17, 15) is 4.79 Å². The molecule has 1 aliphatic heterocycles. The minimum absolute atomic E-state index is 0.116. The molecule has 2 heterocycles. The number of hydrogen-bond acceptors (Lipinski definition) is 2. The molecule has 0 spiro atoms. The molecule has 1 atom stereocenters. The smallest absolute Gasteiger partial charge is 0.227 e. The summed E-state index contributed by atoms with van der Waals surface area (Å²) in [4.78, 5) is 17.7. The van der Waals surface area contributed by atoms with Gasteiger partial charge in [-0.05, 0) is 37.9 Å². The molecule has 1 amide bonds. The van der Waals surface area contributed by atoms with Gasteiger partial charge < -0.3 is 4.90 Å². The van der Waals surface area contributed by atoms with Gasteiger partial charge in [-0.3, -0.25) is 4.79 Å². The molecule has 5 heteroatoms. The summed E-state index contributed by atoms with van der Waals surface area (Å²) in [5.74, 6) is 0.351. The van der Waals surface area contributed by atoms with Crippen molar-refractivity contribution in [1.82, 2.24) is 4.98 Å². The first-order valence-electron chi connectivity index (χ1n) is 4.85. The zero-order chi connectivity index (χ0) is 11.7. The van der Waals surface area contributed by atoms with Crippen LogP contribution in [0.25, 0.3) is 0 Å². The highest BCUT2D eigenvalue weighted by molar-refractivity contribution is 9.11. The van der Waals surface area contributed by atoms with Crippen LogP contribution in [0.5, 0.6) is 0 Å². The Hall–Kier alpha value is -0.680. The zero-order valence-electron chi connectivity index (χ0n) is 8.49. The summed E-state index contributed by atoms with van der Waals surface area (Å²) in [7, 11) is 0. The zero-order valence-corrected chi connectivity index (χ0v) is 11.7. The van der Waals surface area contributed by atoms with Crippen molar-refractivity contribution in [2.75, 3.05) is 11.4 Å². The molecule has 3 nitrogen and oxygen atoms in total. The number of nitrogens with zero attached hydrogens (tertiary/aromatic N) is 2. The molecule has 84 valence electrons. The molecule has 1 unspecified atom stereocenters. The van der Waals surface area contributed by atoms with Crippen LogP contribution in [0.3, 0.4) is 0 Å². The largest absolute Gasteiger partial charge is 0.309 e. The average Bonchev–Trinajstić information content (AvgIpc) is 2.63. The van der Waals surface area contributed by atoms with E-state index in [1.54, 1.807) is 11.1 Å². The van der Waals surface area contributed by atoms with Gasteiger partial charge in [-0.1, -0.05) is 6.08 Å². The number of carbonyl (C=O) groups is 1. The van der Waals surface area contributed by atoms with Crippen molar-refractivity contribution in [3.63, 3.8) is 0 Å². The maximum Gasteiger partial charge on any atom is 0.227 e. The van der Waals surface area contributed by atoms with Crippen LogP contribution in [0, 0.1) is 5.92 Å². The number of pyridine rings is 1. The predicted molar refractivity (Wildman–Crippen MR) is 70.3 cm³/mol. The third-order valence-electron chi connectivity index (χ3n) is 2.57. The van der Waals surface area contributed by atoms with Gasteiger partial charge in [0.25, 0.3) is 0 Å². The van der Waals surface area contributed by atoms with Crippen LogP contribution < -0.4 is 4.90 Å². The van der Waals surface area contributed by atoms with Crippen molar-refractivity contribution in [2.45, 2.75) is 6.42 Å². The third-order valence-corrected chi connectivity index (χ3v) is 3.61. The van der Waals surface area contributed by atoms with Crippen molar-refractivity contribution in [3.05, 3.63) is 34.0 Å². The molecule has 1 aliphatic rings. The number of rotatable bonds is 2. The van der Waals surface area contributed by atoms with Gasteiger partial charge in [0.05, 0.1) is 5.69 Å². The Bertz CT molecular complexity index is 448. The molecule has 1 aromatic heterocycles. The van der Waals surface area contributed by atoms with Gasteiger partial charge in [-0.2, -0.15) is 0 Å². The molecule has 1 aromatic rings. The standard InChI is InChI=1S/C11H10Br2N2O/c1-2-7-3-10(16)15(6-7)9-4-8(12)5-14-11(9)13/h2,4-5,7H,1,3,6H2. The number of halogens is 2. The van der Waals surface area contributed by atoms with Crippen molar-refractivity contribution < 1.29 is 4.79 Å². The quantitative estimate of drug-likeness (QED) is 0.609. The summed E-state index contributed by atoms with van der Waals surface area (Å²) in [6.45, 7) is 4.41. The molecule has 0 aliphatic carbocycles. The summed E-state index contributed by atoms with van der Waals surface area (Å²) in [6, 6.07) is 1.89. The van der Waals surface area contributed by atoms with E-state index in [0.717, 1.165) is 10.2 Å². The summed E-state index contributed by atoms with van der Waals surface area (Å²) in [5, 5.41) is 0. The molecule has 2 rings (SSSR count). The fraction of sp³-hybridized carbons (Fsp3) is 0.273. The van der Waals surface area contributed by atoms with Gasteiger partial charge in [0.1, 0.15) is 4.60 Å². The van der Waals surface area contributed by atoms with E-state index in [1.165, 1.54) is 0 Å². The highest BCUT2D eigenvalue weighted by Crippen LogP contribution is 2.32. The molecular formula is C11H10Br2N2O. The van der Waals surface area contributed by atoms with E-state index >= 15 is 0 Å². The second-order valence-corrected chi connectivity index (χ2v) is 5.33. The van der Waals surface area contributed by atoms with E-state index < -0.39 is 0 Å². The molecule has 0 radical (unpaired) electrons. The van der Waals surface area contributed by atoms with Gasteiger partial charge in [0, 0.05) is 29.6 Å². The fourth-order valence-corrected chi connectivity index (χ4v) is 2.48. The number of carbonyl (C=O) groups excluding carboxylic acids is 1. The lowest BCUT2D eigenvalue weighted by Crippen LogP contribution is -2.25. The Kier molecular flexibility index (Phi) is 3.44. The minimum Gasteiger partial charge on any atom is -0.309 e. The number of anilines is 1. The summed E-state index contributed by atoms with van der Waals surface area (Å²) in [6.07, 6.45) is 4.05. The van der Waals surface area contributed by atoms with Gasteiger partial charge in [-0.15, -0.1) is 6.58 Å². The molecule has 0 aromatic carbocycles. The van der Waals surface area contributed by atoms with Crippen LogP contribution in [-0.2, 0) is 4.79 Å². The van der Waals surface area contributed by atoms with Gasteiger partial charge in [0.15, 0.2) is 0 Å². The fourth-order valence-electron chi connectivity index (χ4n) is 1.73. The molecule has 1 saturated heterocycles. The third kappa shape index (κ3) is 2.20. The van der Waals surface area contributed by atoms with Crippen molar-refractivity contribution in [3.8, 4) is 0 Å². The Morgan fingerprint density at radius 1 is 1.56 bits per heavy atom. The summed E-state index contributed by atoms with van der Waals surface area (Å²) < 4.78 is 1.55. The van der Waals surface area contributed by atoms with Crippen LogP contribution in [0.2, 0.25) is 0 Å². The highest BCUT2D eigenvalue weighted by Gasteiger charge is 2.30. The number of aromatic nitrogens is 1. The van der Waals surface area contributed by atoms with Gasteiger partial charge in [-0.25, -0.2) is 4.98 Å². The lowest BCUT2D eigenvalue weighted by molar-refractivity contribution is -0.117. The van der Waals surface area contributed by atoms with Gasteiger partial charge in [0.2, 0.25) is 5.91 Å². The van der Waals surface area contributed by atoms with Crippen LogP contribution in [0.1, 0.15) is 6.42 Å². The monoisotopic (exact) mass is 344 g/mol. The molecular weight excluding hydrogens is 336 g/mol. The van der Waals surface area contributed by atoms with E-state index in [1.807, 2.05) is 12.1 Å². The minimum atomic E-state index is 0.116. The molecule has 0 saturated carbocycles. The van der Waals surface area contributed by atoms with Crippen molar-refractivity contribution in [1.29, 1.82) is 0 Å². The Labute approximate surface area is 111 Å². The number of hydrogen-bond donors (Lipinski definition) is 0. The summed E-state index contributed by atoms with van der Waals surface area (Å²) >= 11 is 6.71. The molecule has 16 heavy (non-hydrogen) atoms. The van der Waals surface area contributed by atoms with E-state index in [4.69, 9.17) is 0 Å². The SMILES string of the molecule is C=CC1CC(=O)N(c2cc(Br)cnc2Br)C1. The van der Waals surface area contributed by atoms with Crippen LogP contribution in [0.15, 0.2) is 34.0 Å².